The van der Waals surface area contributed by atoms with Crippen molar-refractivity contribution in [3.8, 4) is 0 Å². The number of benzene rings is 1. The number of unbranched alkanes of at least 4 members (excludes halogenated alkanes) is 6. The number of hydrogen-bond acceptors (Lipinski definition) is 2. The maximum absolute atomic E-state index is 11.8. The first-order chi connectivity index (χ1) is 9.17. The molecule has 4 heteroatoms. The third-order valence-electron chi connectivity index (χ3n) is 2.94. The Morgan fingerprint density at radius 2 is 1.63 bits per heavy atom. The quantitative estimate of drug-likeness (QED) is 0.503. The highest BCUT2D eigenvalue weighted by molar-refractivity contribution is 7.90. The van der Waals surface area contributed by atoms with Crippen LogP contribution in [0.1, 0.15) is 51.9 Å². The maximum Gasteiger partial charge on any atom is 0.281 e. The van der Waals surface area contributed by atoms with Crippen molar-refractivity contribution >= 4 is 16.2 Å². The molecule has 0 fully saturated rings. The number of nitrogens with zero attached hydrogens (tertiary/aromatic N) is 1. The smallest absolute Gasteiger partial charge is 0.199 e. The molecule has 0 aliphatic carbocycles. The average molecular weight is 281 g/mol. The van der Waals surface area contributed by atoms with E-state index in [4.69, 9.17) is 0 Å². The second-order valence-electron chi connectivity index (χ2n) is 4.63. The Labute approximate surface area is 116 Å². The van der Waals surface area contributed by atoms with Gasteiger partial charge < -0.3 is 0 Å². The van der Waals surface area contributed by atoms with Crippen LogP contribution in [0.25, 0.3) is 0 Å². The third kappa shape index (κ3) is 6.53. The van der Waals surface area contributed by atoms with Gasteiger partial charge in [-0.05, 0) is 25.0 Å². The lowest BCUT2D eigenvalue weighted by Crippen LogP contribution is -1.96. The third-order valence-corrected chi connectivity index (χ3v) is 4.24. The van der Waals surface area contributed by atoms with Crippen LogP contribution in [0.2, 0.25) is 0 Å². The van der Waals surface area contributed by atoms with Crippen LogP contribution in [0.4, 0.5) is 0 Å². The number of rotatable bonds is 9. The predicted molar refractivity (Wildman–Crippen MR) is 80.1 cm³/mol. The van der Waals surface area contributed by atoms with Gasteiger partial charge in [0.2, 0.25) is 0 Å². The fraction of sp³-hybridized carbons (Fsp3) is 0.533. The minimum Gasteiger partial charge on any atom is -0.199 e. The lowest BCUT2D eigenvalue weighted by atomic mass is 10.1. The van der Waals surface area contributed by atoms with E-state index in [9.17, 15) is 8.42 Å². The molecule has 0 heterocycles. The minimum atomic E-state index is -3.49. The van der Waals surface area contributed by atoms with E-state index in [1.807, 2.05) is 0 Å². The maximum atomic E-state index is 11.8. The van der Waals surface area contributed by atoms with Gasteiger partial charge in [0.05, 0.1) is 4.90 Å². The molecule has 106 valence electrons. The molecule has 1 rings (SSSR count). The fourth-order valence-electron chi connectivity index (χ4n) is 1.82. The summed E-state index contributed by atoms with van der Waals surface area (Å²) in [7, 11) is -3.49. The molecule has 0 spiro atoms. The summed E-state index contributed by atoms with van der Waals surface area (Å²) >= 11 is 0. The van der Waals surface area contributed by atoms with Crippen LogP contribution in [-0.2, 0) is 10.0 Å². The average Bonchev–Trinajstić information content (AvgIpc) is 2.43. The Hall–Kier alpha value is -1.16. The number of sulfonamides is 1. The molecule has 19 heavy (non-hydrogen) atoms. The summed E-state index contributed by atoms with van der Waals surface area (Å²) in [6.45, 7) is 2.20. The van der Waals surface area contributed by atoms with Crippen LogP contribution in [0.3, 0.4) is 0 Å². The fourth-order valence-corrected chi connectivity index (χ4v) is 2.74. The van der Waals surface area contributed by atoms with Crippen molar-refractivity contribution in [1.82, 2.24) is 0 Å². The summed E-state index contributed by atoms with van der Waals surface area (Å²) < 4.78 is 27.3. The van der Waals surface area contributed by atoms with Crippen molar-refractivity contribution < 1.29 is 8.42 Å². The van der Waals surface area contributed by atoms with Crippen LogP contribution < -0.4 is 0 Å². The summed E-state index contributed by atoms with van der Waals surface area (Å²) in [5.74, 6) is 0. The summed E-state index contributed by atoms with van der Waals surface area (Å²) in [5, 5.41) is 0. The van der Waals surface area contributed by atoms with E-state index in [2.05, 4.69) is 11.3 Å². The normalized spacial score (nSPS) is 12.1. The molecule has 0 amide bonds. The van der Waals surface area contributed by atoms with Crippen molar-refractivity contribution in [2.75, 3.05) is 0 Å². The van der Waals surface area contributed by atoms with E-state index in [0.29, 0.717) is 0 Å². The summed E-state index contributed by atoms with van der Waals surface area (Å²) in [4.78, 5) is 0.259. The van der Waals surface area contributed by atoms with Gasteiger partial charge in [0.15, 0.2) is 0 Å². The van der Waals surface area contributed by atoms with Crippen molar-refractivity contribution in [2.24, 2.45) is 4.40 Å². The summed E-state index contributed by atoms with van der Waals surface area (Å²) in [6, 6.07) is 8.33. The van der Waals surface area contributed by atoms with E-state index in [1.165, 1.54) is 31.9 Å². The molecule has 0 aliphatic heterocycles. The van der Waals surface area contributed by atoms with Crippen molar-refractivity contribution in [2.45, 2.75) is 56.8 Å². The molecule has 3 nitrogen and oxygen atoms in total. The Morgan fingerprint density at radius 1 is 1.00 bits per heavy atom. The molecule has 0 saturated carbocycles. The van der Waals surface area contributed by atoms with E-state index in [-0.39, 0.29) is 4.90 Å². The molecule has 0 N–H and O–H groups in total. The van der Waals surface area contributed by atoms with Gasteiger partial charge in [-0.1, -0.05) is 57.2 Å². The first-order valence-electron chi connectivity index (χ1n) is 7.00. The Kier molecular flexibility index (Phi) is 7.41. The van der Waals surface area contributed by atoms with E-state index < -0.39 is 10.0 Å². The molecular formula is C15H23NO2S. The Bertz CT molecular complexity index is 466. The van der Waals surface area contributed by atoms with Gasteiger partial charge in [0, 0.05) is 6.21 Å². The highest BCUT2D eigenvalue weighted by atomic mass is 32.2. The molecule has 0 radical (unpaired) electrons. The van der Waals surface area contributed by atoms with E-state index in [0.717, 1.165) is 19.3 Å². The largest absolute Gasteiger partial charge is 0.281 e. The van der Waals surface area contributed by atoms with Crippen LogP contribution in [-0.4, -0.2) is 14.6 Å². The van der Waals surface area contributed by atoms with Crippen LogP contribution in [0.15, 0.2) is 39.6 Å². The lowest BCUT2D eigenvalue weighted by Gasteiger charge is -1.98. The van der Waals surface area contributed by atoms with Gasteiger partial charge in [0.1, 0.15) is 0 Å². The van der Waals surface area contributed by atoms with Gasteiger partial charge in [-0.15, -0.1) is 0 Å². The van der Waals surface area contributed by atoms with Gasteiger partial charge in [-0.25, -0.2) is 0 Å². The van der Waals surface area contributed by atoms with Crippen molar-refractivity contribution in [1.29, 1.82) is 0 Å². The second kappa shape index (κ2) is 8.86. The van der Waals surface area contributed by atoms with Crippen LogP contribution >= 0.6 is 0 Å². The van der Waals surface area contributed by atoms with Crippen molar-refractivity contribution in [3.63, 3.8) is 0 Å². The second-order valence-corrected chi connectivity index (χ2v) is 6.26. The van der Waals surface area contributed by atoms with Gasteiger partial charge in [-0.2, -0.15) is 12.8 Å². The van der Waals surface area contributed by atoms with Crippen LogP contribution in [0.5, 0.6) is 0 Å². The van der Waals surface area contributed by atoms with Gasteiger partial charge >= 0.3 is 0 Å². The van der Waals surface area contributed by atoms with E-state index >= 15 is 0 Å². The molecular weight excluding hydrogens is 258 g/mol. The summed E-state index contributed by atoms with van der Waals surface area (Å²) in [5.41, 5.74) is 0. The zero-order valence-electron chi connectivity index (χ0n) is 11.6. The van der Waals surface area contributed by atoms with Gasteiger partial charge in [-0.3, -0.25) is 0 Å². The predicted octanol–water partition coefficient (Wildman–Crippen LogP) is 4.20. The zero-order valence-corrected chi connectivity index (χ0v) is 12.4. The molecule has 0 saturated heterocycles. The zero-order chi connectivity index (χ0) is 14.0. The molecule has 0 aromatic heterocycles. The standard InChI is InChI=1S/C15H23NO2S/c1-2-3-4-5-6-7-11-14-16-19(17,18)15-12-9-8-10-13-15/h8-10,12-14H,2-7,11H2,1H3. The first kappa shape index (κ1) is 15.9. The Morgan fingerprint density at radius 3 is 2.32 bits per heavy atom. The number of hydrogen-bond donors (Lipinski definition) is 0. The van der Waals surface area contributed by atoms with E-state index in [1.54, 1.807) is 30.3 Å². The Balaban J connectivity index is 2.29. The molecule has 1 aromatic carbocycles. The monoisotopic (exact) mass is 281 g/mol. The lowest BCUT2D eigenvalue weighted by molar-refractivity contribution is 0.597. The molecule has 0 unspecified atom stereocenters. The molecule has 0 atom stereocenters. The van der Waals surface area contributed by atoms with Gasteiger partial charge in [0.25, 0.3) is 10.0 Å². The topological polar surface area (TPSA) is 46.5 Å². The molecule has 0 aliphatic rings. The SMILES string of the molecule is CCCCCCCCC=NS(=O)(=O)c1ccccc1. The highest BCUT2D eigenvalue weighted by Gasteiger charge is 2.09. The highest BCUT2D eigenvalue weighted by Crippen LogP contribution is 2.11. The van der Waals surface area contributed by atoms with Crippen molar-refractivity contribution in [3.05, 3.63) is 30.3 Å². The van der Waals surface area contributed by atoms with Crippen LogP contribution in [0, 0.1) is 0 Å². The minimum absolute atomic E-state index is 0.259. The molecule has 0 bridgehead atoms. The summed E-state index contributed by atoms with van der Waals surface area (Å²) in [6.07, 6.45) is 9.46. The first-order valence-corrected chi connectivity index (χ1v) is 8.44. The molecule has 1 aromatic rings.